The molecular weight excluding hydrogens is 531 g/mol. The number of nitro groups is 1. The minimum Gasteiger partial charge on any atom is -0.398 e. The van der Waals surface area contributed by atoms with E-state index in [2.05, 4.69) is 20.9 Å². The number of halogens is 2. The molecule has 184 valence electrons. The Morgan fingerprint density at radius 1 is 1.14 bits per heavy atom. The summed E-state index contributed by atoms with van der Waals surface area (Å²) in [5.41, 5.74) is 9.32. The van der Waals surface area contributed by atoms with Crippen molar-refractivity contribution < 1.29 is 18.8 Å². The minimum atomic E-state index is -0.806. The standard InChI is InChI=1S/C26H22BrFN4O4/c27-19-5-9-21(10-6-19)30-15-23(25(29)18-3-7-20(28)8-4-18)26-31(24(33)16-36-26)14-13-17-1-11-22(12-2-17)32(34)35/h1-12,15,26H,13-14,16,29H2. The van der Waals surface area contributed by atoms with Crippen LogP contribution in [0.3, 0.4) is 0 Å². The molecule has 4 rings (SSSR count). The lowest BCUT2D eigenvalue weighted by Gasteiger charge is -2.25. The van der Waals surface area contributed by atoms with Crippen LogP contribution in [0, 0.1) is 15.9 Å². The van der Waals surface area contributed by atoms with Gasteiger partial charge in [0.15, 0.2) is 6.23 Å². The number of nitrogens with two attached hydrogens (primary N) is 1. The first-order valence-electron chi connectivity index (χ1n) is 11.0. The number of hydrogen-bond acceptors (Lipinski definition) is 6. The first-order chi connectivity index (χ1) is 17.3. The first-order valence-corrected chi connectivity index (χ1v) is 11.8. The van der Waals surface area contributed by atoms with Crippen molar-refractivity contribution in [3.8, 4) is 0 Å². The van der Waals surface area contributed by atoms with E-state index in [1.807, 2.05) is 24.3 Å². The van der Waals surface area contributed by atoms with Crippen LogP contribution in [-0.2, 0) is 16.0 Å². The molecule has 8 nitrogen and oxygen atoms in total. The van der Waals surface area contributed by atoms with Crippen molar-refractivity contribution in [3.05, 3.63) is 110 Å². The number of benzene rings is 3. The zero-order valence-corrected chi connectivity index (χ0v) is 20.6. The van der Waals surface area contributed by atoms with E-state index in [-0.39, 0.29) is 18.2 Å². The minimum absolute atomic E-state index is 0.00125. The van der Waals surface area contributed by atoms with Crippen molar-refractivity contribution in [2.45, 2.75) is 12.6 Å². The molecule has 0 saturated carbocycles. The number of aliphatic imine (C=N–C) groups is 1. The SMILES string of the molecule is NC(=C(C=Nc1ccc(Br)cc1)C1OCC(=O)N1CCc1ccc([N+](=O)[O-])cc1)c1ccc(F)cc1. The number of nitro benzene ring substituents is 1. The second-order valence-corrected chi connectivity index (χ2v) is 8.95. The fourth-order valence-electron chi connectivity index (χ4n) is 3.72. The van der Waals surface area contributed by atoms with Gasteiger partial charge in [-0.15, -0.1) is 0 Å². The number of nitrogens with zero attached hydrogens (tertiary/aromatic N) is 3. The fourth-order valence-corrected chi connectivity index (χ4v) is 3.99. The van der Waals surface area contributed by atoms with E-state index in [1.54, 1.807) is 35.4 Å². The zero-order valence-electron chi connectivity index (χ0n) is 19.0. The Labute approximate surface area is 215 Å². The highest BCUT2D eigenvalue weighted by Gasteiger charge is 2.35. The summed E-state index contributed by atoms with van der Waals surface area (Å²) in [6, 6.07) is 19.2. The third-order valence-corrected chi connectivity index (χ3v) is 6.20. The molecule has 1 aliphatic heterocycles. The van der Waals surface area contributed by atoms with E-state index in [4.69, 9.17) is 10.5 Å². The first kappa shape index (κ1) is 25.2. The van der Waals surface area contributed by atoms with Gasteiger partial charge in [-0.2, -0.15) is 0 Å². The van der Waals surface area contributed by atoms with Crippen molar-refractivity contribution in [1.29, 1.82) is 0 Å². The van der Waals surface area contributed by atoms with E-state index < -0.39 is 17.0 Å². The summed E-state index contributed by atoms with van der Waals surface area (Å²) >= 11 is 3.39. The highest BCUT2D eigenvalue weighted by molar-refractivity contribution is 9.10. The Bertz CT molecular complexity index is 1310. The number of ether oxygens (including phenoxy) is 1. The van der Waals surface area contributed by atoms with Crippen LogP contribution in [0.4, 0.5) is 15.8 Å². The highest BCUT2D eigenvalue weighted by Crippen LogP contribution is 2.26. The molecule has 0 bridgehead atoms. The van der Waals surface area contributed by atoms with Crippen LogP contribution in [0.25, 0.3) is 5.70 Å². The molecule has 1 unspecified atom stereocenters. The van der Waals surface area contributed by atoms with Crippen molar-refractivity contribution >= 4 is 45.1 Å². The molecule has 3 aromatic rings. The maximum atomic E-state index is 13.5. The van der Waals surface area contributed by atoms with Crippen LogP contribution < -0.4 is 5.73 Å². The number of non-ortho nitro benzene ring substituents is 1. The van der Waals surface area contributed by atoms with E-state index in [0.29, 0.717) is 35.5 Å². The summed E-state index contributed by atoms with van der Waals surface area (Å²) in [7, 11) is 0. The molecule has 1 atom stereocenters. The molecule has 0 aliphatic carbocycles. The summed E-state index contributed by atoms with van der Waals surface area (Å²) in [5, 5.41) is 10.9. The second-order valence-electron chi connectivity index (χ2n) is 8.03. The molecule has 36 heavy (non-hydrogen) atoms. The van der Waals surface area contributed by atoms with Crippen LogP contribution in [0.1, 0.15) is 11.1 Å². The van der Waals surface area contributed by atoms with Gasteiger partial charge in [0.05, 0.1) is 10.6 Å². The molecule has 0 aromatic heterocycles. The van der Waals surface area contributed by atoms with Gasteiger partial charge >= 0.3 is 0 Å². The van der Waals surface area contributed by atoms with Gasteiger partial charge in [0.1, 0.15) is 12.4 Å². The summed E-state index contributed by atoms with van der Waals surface area (Å²) in [6.07, 6.45) is 1.21. The monoisotopic (exact) mass is 552 g/mol. The highest BCUT2D eigenvalue weighted by atomic mass is 79.9. The van der Waals surface area contributed by atoms with Gasteiger partial charge < -0.3 is 15.4 Å². The number of amides is 1. The third-order valence-electron chi connectivity index (χ3n) is 5.67. The molecule has 1 heterocycles. The predicted octanol–water partition coefficient (Wildman–Crippen LogP) is 5.00. The number of hydrogen-bond donors (Lipinski definition) is 1. The van der Waals surface area contributed by atoms with Crippen LogP contribution in [0.15, 0.2) is 87.8 Å². The Morgan fingerprint density at radius 3 is 2.44 bits per heavy atom. The summed E-state index contributed by atoms with van der Waals surface area (Å²) < 4.78 is 20.2. The van der Waals surface area contributed by atoms with Gasteiger partial charge in [0, 0.05) is 40.6 Å². The van der Waals surface area contributed by atoms with Gasteiger partial charge in [-0.3, -0.25) is 19.9 Å². The lowest BCUT2D eigenvalue weighted by Crippen LogP contribution is -2.38. The van der Waals surface area contributed by atoms with Gasteiger partial charge in [0.2, 0.25) is 0 Å². The Kier molecular flexibility index (Phi) is 7.87. The maximum absolute atomic E-state index is 13.5. The van der Waals surface area contributed by atoms with Crippen LogP contribution in [0.2, 0.25) is 0 Å². The fraction of sp³-hybridized carbons (Fsp3) is 0.154. The molecule has 0 spiro atoms. The average molecular weight is 553 g/mol. The maximum Gasteiger partial charge on any atom is 0.269 e. The molecular formula is C26H22BrFN4O4. The van der Waals surface area contributed by atoms with Gasteiger partial charge in [0.25, 0.3) is 11.6 Å². The zero-order chi connectivity index (χ0) is 25.7. The Balaban J connectivity index is 1.63. The molecule has 10 heteroatoms. The normalized spacial score (nSPS) is 16.4. The quantitative estimate of drug-likeness (QED) is 0.240. The van der Waals surface area contributed by atoms with Crippen molar-refractivity contribution in [2.24, 2.45) is 10.7 Å². The smallest absolute Gasteiger partial charge is 0.269 e. The molecule has 1 amide bonds. The van der Waals surface area contributed by atoms with E-state index in [9.17, 15) is 19.3 Å². The van der Waals surface area contributed by atoms with Gasteiger partial charge in [-0.1, -0.05) is 28.1 Å². The Hall–Kier alpha value is -3.89. The predicted molar refractivity (Wildman–Crippen MR) is 138 cm³/mol. The van der Waals surface area contributed by atoms with Crippen molar-refractivity contribution in [2.75, 3.05) is 13.2 Å². The van der Waals surface area contributed by atoms with Gasteiger partial charge in [-0.25, -0.2) is 4.39 Å². The van der Waals surface area contributed by atoms with Crippen LogP contribution in [0.5, 0.6) is 0 Å². The molecule has 2 N–H and O–H groups in total. The van der Waals surface area contributed by atoms with Crippen LogP contribution in [-0.4, -0.2) is 41.3 Å². The summed E-state index contributed by atoms with van der Waals surface area (Å²) in [4.78, 5) is 29.2. The third kappa shape index (κ3) is 6.02. The molecule has 3 aromatic carbocycles. The Morgan fingerprint density at radius 2 is 1.81 bits per heavy atom. The van der Waals surface area contributed by atoms with E-state index in [0.717, 1.165) is 10.0 Å². The lowest BCUT2D eigenvalue weighted by molar-refractivity contribution is -0.384. The molecule has 0 radical (unpaired) electrons. The second kappa shape index (κ2) is 11.2. The topological polar surface area (TPSA) is 111 Å². The number of rotatable bonds is 8. The largest absolute Gasteiger partial charge is 0.398 e. The summed E-state index contributed by atoms with van der Waals surface area (Å²) in [5.74, 6) is -0.614. The van der Waals surface area contributed by atoms with E-state index in [1.165, 1.54) is 24.3 Å². The molecule has 1 fully saturated rings. The van der Waals surface area contributed by atoms with Crippen LogP contribution >= 0.6 is 15.9 Å². The van der Waals surface area contributed by atoms with Gasteiger partial charge in [-0.05, 0) is 66.1 Å². The lowest BCUT2D eigenvalue weighted by atomic mass is 10.0. The average Bonchev–Trinajstić information content (AvgIpc) is 3.24. The van der Waals surface area contributed by atoms with E-state index >= 15 is 0 Å². The molecule has 1 aliphatic rings. The number of carbonyl (C=O) groups excluding carboxylic acids is 1. The molecule has 1 saturated heterocycles. The summed E-state index contributed by atoms with van der Waals surface area (Å²) in [6.45, 7) is 0.172. The van der Waals surface area contributed by atoms with Crippen molar-refractivity contribution in [3.63, 3.8) is 0 Å². The number of carbonyl (C=O) groups is 1. The van der Waals surface area contributed by atoms with Crippen molar-refractivity contribution in [1.82, 2.24) is 4.90 Å².